The molecule has 1 aliphatic rings. The third-order valence-electron chi connectivity index (χ3n) is 3.69. The molecule has 1 N–H and O–H groups in total. The van der Waals surface area contributed by atoms with Crippen molar-refractivity contribution in [2.24, 2.45) is 0 Å². The maximum Gasteiger partial charge on any atom is 0.0234 e. The second-order valence-electron chi connectivity index (χ2n) is 5.23. The summed E-state index contributed by atoms with van der Waals surface area (Å²) < 4.78 is 0. The summed E-state index contributed by atoms with van der Waals surface area (Å²) in [5, 5.41) is 4.20. The predicted molar refractivity (Wildman–Crippen MR) is 85.6 cm³/mol. The van der Waals surface area contributed by atoms with Gasteiger partial charge >= 0.3 is 0 Å². The third kappa shape index (κ3) is 4.83. The molecule has 0 saturated carbocycles. The van der Waals surface area contributed by atoms with Gasteiger partial charge < -0.3 is 5.32 Å². The van der Waals surface area contributed by atoms with Crippen LogP contribution < -0.4 is 5.32 Å². The van der Waals surface area contributed by atoms with E-state index in [4.69, 9.17) is 0 Å². The van der Waals surface area contributed by atoms with Crippen molar-refractivity contribution in [3.05, 3.63) is 35.4 Å². The normalized spacial score (nSPS) is 20.6. The Morgan fingerprint density at radius 3 is 2.63 bits per heavy atom. The van der Waals surface area contributed by atoms with E-state index in [1.807, 2.05) is 0 Å². The van der Waals surface area contributed by atoms with Crippen molar-refractivity contribution >= 4 is 11.8 Å². The molecule has 1 fully saturated rings. The lowest BCUT2D eigenvalue weighted by Gasteiger charge is -2.31. The Balaban J connectivity index is 1.85. The summed E-state index contributed by atoms with van der Waals surface area (Å²) in [6, 6.07) is 9.09. The first-order valence-corrected chi connectivity index (χ1v) is 8.49. The third-order valence-corrected chi connectivity index (χ3v) is 5.06. The predicted octanol–water partition coefficient (Wildman–Crippen LogP) is 3.12. The maximum atomic E-state index is 3.37. The molecule has 106 valence electrons. The van der Waals surface area contributed by atoms with E-state index in [1.165, 1.54) is 36.4 Å². The van der Waals surface area contributed by atoms with Gasteiger partial charge in [-0.15, -0.1) is 0 Å². The minimum absolute atomic E-state index is 0.835. The van der Waals surface area contributed by atoms with E-state index >= 15 is 0 Å². The summed E-state index contributed by atoms with van der Waals surface area (Å²) in [5.41, 5.74) is 2.83. The highest BCUT2D eigenvalue weighted by Crippen LogP contribution is 2.22. The van der Waals surface area contributed by atoms with Gasteiger partial charge in [0.05, 0.1) is 0 Å². The summed E-state index contributed by atoms with van der Waals surface area (Å²) in [5.74, 6) is 1.29. The lowest BCUT2D eigenvalue weighted by atomic mass is 10.1. The fraction of sp³-hybridized carbons (Fsp3) is 0.625. The zero-order chi connectivity index (χ0) is 13.5. The number of benzene rings is 1. The van der Waals surface area contributed by atoms with Crippen LogP contribution in [0.15, 0.2) is 24.3 Å². The Morgan fingerprint density at radius 2 is 1.95 bits per heavy atom. The average molecular weight is 278 g/mol. The lowest BCUT2D eigenvalue weighted by molar-refractivity contribution is 0.273. The highest BCUT2D eigenvalue weighted by Gasteiger charge is 2.18. The van der Waals surface area contributed by atoms with Gasteiger partial charge in [0.1, 0.15) is 0 Å². The van der Waals surface area contributed by atoms with Gasteiger partial charge in [0.25, 0.3) is 0 Å². The van der Waals surface area contributed by atoms with Crippen LogP contribution in [0.1, 0.15) is 31.4 Å². The molecule has 1 saturated heterocycles. The molecule has 1 heterocycles. The van der Waals surface area contributed by atoms with Gasteiger partial charge in [-0.05, 0) is 24.1 Å². The molecule has 0 aromatic heterocycles. The molecule has 1 unspecified atom stereocenters. The Kier molecular flexibility index (Phi) is 6.21. The monoisotopic (exact) mass is 278 g/mol. The van der Waals surface area contributed by atoms with Gasteiger partial charge in [0, 0.05) is 37.2 Å². The summed E-state index contributed by atoms with van der Waals surface area (Å²) in [6.07, 6.45) is 1.29. The van der Waals surface area contributed by atoms with Gasteiger partial charge in [0.15, 0.2) is 0 Å². The first kappa shape index (κ1) is 14.9. The van der Waals surface area contributed by atoms with Crippen molar-refractivity contribution < 1.29 is 0 Å². The van der Waals surface area contributed by atoms with E-state index in [2.05, 4.69) is 60.1 Å². The number of nitrogens with zero attached hydrogens (tertiary/aromatic N) is 1. The standard InChI is InChI=1S/C16H26N2S/c1-3-16-13-18(9-10-19-16)12-15-7-5-14(6-8-15)11-17-4-2/h5-8,16-17H,3-4,9-13H2,1-2H3. The topological polar surface area (TPSA) is 15.3 Å². The van der Waals surface area contributed by atoms with Crippen molar-refractivity contribution in [3.8, 4) is 0 Å². The quantitative estimate of drug-likeness (QED) is 0.860. The molecule has 3 heteroatoms. The first-order chi connectivity index (χ1) is 9.31. The van der Waals surface area contributed by atoms with Crippen LogP contribution in [0.2, 0.25) is 0 Å². The minimum atomic E-state index is 0.835. The molecule has 2 rings (SSSR count). The highest BCUT2D eigenvalue weighted by atomic mass is 32.2. The van der Waals surface area contributed by atoms with Crippen LogP contribution in [0.4, 0.5) is 0 Å². The Morgan fingerprint density at radius 1 is 1.21 bits per heavy atom. The summed E-state index contributed by atoms with van der Waals surface area (Å²) in [7, 11) is 0. The van der Waals surface area contributed by atoms with Crippen molar-refractivity contribution in [1.82, 2.24) is 10.2 Å². The second-order valence-corrected chi connectivity index (χ2v) is 6.64. The molecular formula is C16H26N2S. The smallest absolute Gasteiger partial charge is 0.0234 e. The van der Waals surface area contributed by atoms with Crippen molar-refractivity contribution in [1.29, 1.82) is 0 Å². The molecule has 1 atom stereocenters. The number of nitrogens with one attached hydrogen (secondary N) is 1. The SMILES string of the molecule is CCNCc1ccc(CN2CCSC(CC)C2)cc1. The van der Waals surface area contributed by atoms with Gasteiger partial charge in [-0.3, -0.25) is 4.90 Å². The van der Waals surface area contributed by atoms with Crippen molar-refractivity contribution in [2.75, 3.05) is 25.4 Å². The van der Waals surface area contributed by atoms with Crippen LogP contribution in [-0.4, -0.2) is 35.5 Å². The van der Waals surface area contributed by atoms with Gasteiger partial charge in [0.2, 0.25) is 0 Å². The van der Waals surface area contributed by atoms with Crippen molar-refractivity contribution in [3.63, 3.8) is 0 Å². The van der Waals surface area contributed by atoms with Crippen molar-refractivity contribution in [2.45, 2.75) is 38.6 Å². The van der Waals surface area contributed by atoms with Gasteiger partial charge in [-0.2, -0.15) is 11.8 Å². The largest absolute Gasteiger partial charge is 0.313 e. The molecule has 2 nitrogen and oxygen atoms in total. The fourth-order valence-corrected chi connectivity index (χ4v) is 3.71. The minimum Gasteiger partial charge on any atom is -0.313 e. The molecule has 0 spiro atoms. The van der Waals surface area contributed by atoms with Gasteiger partial charge in [-0.25, -0.2) is 0 Å². The van der Waals surface area contributed by atoms with Crippen LogP contribution >= 0.6 is 11.8 Å². The zero-order valence-corrected chi connectivity index (χ0v) is 13.0. The number of hydrogen-bond acceptors (Lipinski definition) is 3. The fourth-order valence-electron chi connectivity index (χ4n) is 2.46. The van der Waals surface area contributed by atoms with Crippen LogP contribution in [0.5, 0.6) is 0 Å². The maximum absolute atomic E-state index is 3.37. The van der Waals surface area contributed by atoms with E-state index in [9.17, 15) is 0 Å². The Hall–Kier alpha value is -0.510. The summed E-state index contributed by atoms with van der Waals surface area (Å²) in [6.45, 7) is 10.1. The van der Waals surface area contributed by atoms with E-state index in [0.29, 0.717) is 0 Å². The summed E-state index contributed by atoms with van der Waals surface area (Å²) >= 11 is 2.14. The molecule has 1 aromatic rings. The lowest BCUT2D eigenvalue weighted by Crippen LogP contribution is -2.37. The van der Waals surface area contributed by atoms with Crippen LogP contribution in [0.3, 0.4) is 0 Å². The first-order valence-electron chi connectivity index (χ1n) is 7.44. The van der Waals surface area contributed by atoms with Crippen LogP contribution in [-0.2, 0) is 13.1 Å². The molecule has 0 bridgehead atoms. The number of hydrogen-bond donors (Lipinski definition) is 1. The molecule has 19 heavy (non-hydrogen) atoms. The zero-order valence-electron chi connectivity index (χ0n) is 12.2. The molecular weight excluding hydrogens is 252 g/mol. The Labute approximate surface area is 122 Å². The van der Waals surface area contributed by atoms with E-state index < -0.39 is 0 Å². The Bertz CT molecular complexity index is 364. The van der Waals surface area contributed by atoms with Crippen LogP contribution in [0, 0.1) is 0 Å². The van der Waals surface area contributed by atoms with E-state index in [0.717, 1.165) is 24.9 Å². The average Bonchev–Trinajstić information content (AvgIpc) is 2.47. The number of rotatable bonds is 6. The summed E-state index contributed by atoms with van der Waals surface area (Å²) in [4.78, 5) is 2.60. The molecule has 0 aliphatic carbocycles. The van der Waals surface area contributed by atoms with Crippen LogP contribution in [0.25, 0.3) is 0 Å². The van der Waals surface area contributed by atoms with Gasteiger partial charge in [-0.1, -0.05) is 38.1 Å². The van der Waals surface area contributed by atoms with E-state index in [1.54, 1.807) is 0 Å². The highest BCUT2D eigenvalue weighted by molar-refractivity contribution is 8.00. The number of thioether (sulfide) groups is 1. The second kappa shape index (κ2) is 7.93. The molecule has 1 aliphatic heterocycles. The van der Waals surface area contributed by atoms with E-state index in [-0.39, 0.29) is 0 Å². The molecule has 0 amide bonds. The molecule has 1 aromatic carbocycles. The molecule has 0 radical (unpaired) electrons.